The number of pyridine rings is 1. The first-order valence-corrected chi connectivity index (χ1v) is 12.0. The SMILES string of the molecule is CC.CC(=Nc1ccc(C23CCC(C=O)(CC2)CC3)nc1C)/C(=C(/C)N)C(C)C.COC. The van der Waals surface area contributed by atoms with Crippen LogP contribution in [0.25, 0.3) is 0 Å². The number of nitrogens with zero attached hydrogens (tertiary/aromatic N) is 2. The van der Waals surface area contributed by atoms with Gasteiger partial charge in [-0.15, -0.1) is 0 Å². The standard InChI is InChI=1S/C23H33N3O.C2H6O.C2H6/c1-15(2)21(16(3)24)18(5)25-19-6-7-20(26-17(19)4)23-11-8-22(14-27,9-12-23)10-13-23;1-3-2;1-2/h6-7,14-15H,8-13,24H2,1-5H3;1-2H3;1-2H3/b21-16-,25-18?;;. The number of aldehydes is 1. The monoisotopic (exact) mass is 443 g/mol. The molecule has 3 aliphatic carbocycles. The van der Waals surface area contributed by atoms with E-state index in [0.717, 1.165) is 66.9 Å². The number of hydrogen-bond acceptors (Lipinski definition) is 5. The van der Waals surface area contributed by atoms with E-state index in [-0.39, 0.29) is 10.8 Å². The Labute approximate surface area is 196 Å². The van der Waals surface area contributed by atoms with Crippen molar-refractivity contribution in [3.05, 3.63) is 34.8 Å². The molecule has 1 heterocycles. The Kier molecular flexibility index (Phi) is 10.8. The zero-order valence-electron chi connectivity index (χ0n) is 21.8. The molecule has 3 saturated carbocycles. The van der Waals surface area contributed by atoms with E-state index in [9.17, 15) is 4.79 Å². The van der Waals surface area contributed by atoms with E-state index in [1.807, 2.05) is 34.6 Å². The Balaban J connectivity index is 0.000000944. The van der Waals surface area contributed by atoms with Gasteiger partial charge in [-0.3, -0.25) is 9.98 Å². The first kappa shape index (κ1) is 28.0. The van der Waals surface area contributed by atoms with Crippen molar-refractivity contribution in [3.8, 4) is 0 Å². The van der Waals surface area contributed by atoms with Crippen LogP contribution in [0.4, 0.5) is 5.69 Å². The number of methoxy groups -OCH3 is 1. The van der Waals surface area contributed by atoms with Crippen LogP contribution in [-0.2, 0) is 14.9 Å². The molecule has 0 unspecified atom stereocenters. The first-order valence-electron chi connectivity index (χ1n) is 12.0. The van der Waals surface area contributed by atoms with Crippen molar-refractivity contribution in [3.63, 3.8) is 0 Å². The van der Waals surface area contributed by atoms with Crippen LogP contribution >= 0.6 is 0 Å². The van der Waals surface area contributed by atoms with Gasteiger partial charge in [0.05, 0.1) is 11.4 Å². The molecule has 0 atom stereocenters. The molecule has 0 aliphatic heterocycles. The fourth-order valence-corrected chi connectivity index (χ4v) is 5.14. The molecule has 1 aromatic rings. The molecule has 180 valence electrons. The molecular formula is C27H45N3O2. The van der Waals surface area contributed by atoms with Crippen molar-refractivity contribution in [1.82, 2.24) is 4.98 Å². The van der Waals surface area contributed by atoms with Crippen molar-refractivity contribution in [2.75, 3.05) is 14.2 Å². The summed E-state index contributed by atoms with van der Waals surface area (Å²) in [5, 5.41) is 0. The van der Waals surface area contributed by atoms with Gasteiger partial charge in [-0.2, -0.15) is 0 Å². The topological polar surface area (TPSA) is 77.6 Å². The summed E-state index contributed by atoms with van der Waals surface area (Å²) in [5.74, 6) is 0.341. The average molecular weight is 444 g/mol. The molecule has 3 aliphatic rings. The van der Waals surface area contributed by atoms with Gasteiger partial charge in [0, 0.05) is 42.2 Å². The Hall–Kier alpha value is -2.01. The molecule has 1 aromatic heterocycles. The third-order valence-corrected chi connectivity index (χ3v) is 6.84. The molecule has 0 aromatic carbocycles. The van der Waals surface area contributed by atoms with E-state index >= 15 is 0 Å². The van der Waals surface area contributed by atoms with Crippen LogP contribution < -0.4 is 5.73 Å². The van der Waals surface area contributed by atoms with Crippen LogP contribution in [0, 0.1) is 18.3 Å². The summed E-state index contributed by atoms with van der Waals surface area (Å²) in [6.07, 6.45) is 7.47. The van der Waals surface area contributed by atoms with Crippen LogP contribution in [0.1, 0.15) is 91.5 Å². The van der Waals surface area contributed by atoms with Gasteiger partial charge < -0.3 is 15.3 Å². The highest BCUT2D eigenvalue weighted by Crippen LogP contribution is 2.56. The number of aryl methyl sites for hydroxylation is 1. The van der Waals surface area contributed by atoms with E-state index < -0.39 is 0 Å². The number of carbonyl (C=O) groups is 1. The average Bonchev–Trinajstić information content (AvgIpc) is 2.78. The summed E-state index contributed by atoms with van der Waals surface area (Å²) < 4.78 is 4.25. The van der Waals surface area contributed by atoms with E-state index in [2.05, 4.69) is 30.7 Å². The lowest BCUT2D eigenvalue weighted by Crippen LogP contribution is -2.45. The van der Waals surface area contributed by atoms with E-state index in [1.165, 1.54) is 12.0 Å². The number of hydrogen-bond donors (Lipinski definition) is 1. The maximum atomic E-state index is 11.5. The second-order valence-electron chi connectivity index (χ2n) is 9.42. The van der Waals surface area contributed by atoms with Gasteiger partial charge in [0.2, 0.25) is 0 Å². The van der Waals surface area contributed by atoms with Gasteiger partial charge in [0.15, 0.2) is 0 Å². The zero-order valence-corrected chi connectivity index (χ0v) is 21.8. The molecule has 4 rings (SSSR count). The van der Waals surface area contributed by atoms with Crippen LogP contribution in [0.5, 0.6) is 0 Å². The predicted molar refractivity (Wildman–Crippen MR) is 136 cm³/mol. The molecule has 2 bridgehead atoms. The van der Waals surface area contributed by atoms with Gasteiger partial charge in [-0.1, -0.05) is 27.7 Å². The van der Waals surface area contributed by atoms with Gasteiger partial charge >= 0.3 is 0 Å². The highest BCUT2D eigenvalue weighted by atomic mass is 16.4. The lowest BCUT2D eigenvalue weighted by molar-refractivity contribution is -0.122. The van der Waals surface area contributed by atoms with E-state index in [0.29, 0.717) is 5.92 Å². The minimum Gasteiger partial charge on any atom is -0.402 e. The summed E-state index contributed by atoms with van der Waals surface area (Å²) in [7, 11) is 3.25. The Bertz CT molecular complexity index is 796. The third-order valence-electron chi connectivity index (χ3n) is 6.84. The zero-order chi connectivity index (χ0) is 24.5. The second-order valence-corrected chi connectivity index (χ2v) is 9.42. The maximum absolute atomic E-state index is 11.5. The van der Waals surface area contributed by atoms with Crippen molar-refractivity contribution in [2.45, 2.75) is 92.4 Å². The van der Waals surface area contributed by atoms with Crippen molar-refractivity contribution in [1.29, 1.82) is 0 Å². The van der Waals surface area contributed by atoms with Gasteiger partial charge in [0.25, 0.3) is 0 Å². The fourth-order valence-electron chi connectivity index (χ4n) is 5.14. The van der Waals surface area contributed by atoms with Gasteiger partial charge in [-0.05, 0) is 82.9 Å². The van der Waals surface area contributed by atoms with Crippen molar-refractivity contribution in [2.24, 2.45) is 22.1 Å². The second kappa shape index (κ2) is 12.3. The summed E-state index contributed by atoms with van der Waals surface area (Å²) in [6, 6.07) is 4.27. The number of rotatable bonds is 5. The van der Waals surface area contributed by atoms with Crippen LogP contribution in [0.2, 0.25) is 0 Å². The Morgan fingerprint density at radius 3 is 1.97 bits per heavy atom. The normalized spacial score (nSPS) is 25.2. The predicted octanol–water partition coefficient (Wildman–Crippen LogP) is 6.45. The summed E-state index contributed by atoms with van der Waals surface area (Å²) in [5.41, 5.74) is 12.2. The molecule has 0 saturated heterocycles. The molecule has 0 radical (unpaired) electrons. The number of nitrogens with two attached hydrogens (primary N) is 1. The molecule has 5 heteroatoms. The lowest BCUT2D eigenvalue weighted by atomic mass is 9.53. The minimum absolute atomic E-state index is 0.0438. The number of ether oxygens (including phenoxy) is 1. The fraction of sp³-hybridized carbons (Fsp3) is 0.667. The quantitative estimate of drug-likeness (QED) is 0.419. The van der Waals surface area contributed by atoms with Gasteiger partial charge in [0.1, 0.15) is 6.29 Å². The molecule has 5 nitrogen and oxygen atoms in total. The maximum Gasteiger partial charge on any atom is 0.126 e. The molecule has 2 N–H and O–H groups in total. The van der Waals surface area contributed by atoms with Crippen LogP contribution in [0.3, 0.4) is 0 Å². The molecule has 32 heavy (non-hydrogen) atoms. The van der Waals surface area contributed by atoms with Crippen LogP contribution in [0.15, 0.2) is 28.4 Å². The van der Waals surface area contributed by atoms with Gasteiger partial charge in [-0.25, -0.2) is 0 Å². The molecule has 3 fully saturated rings. The highest BCUT2D eigenvalue weighted by molar-refractivity contribution is 6.00. The van der Waals surface area contributed by atoms with E-state index in [1.54, 1.807) is 14.2 Å². The summed E-state index contributed by atoms with van der Waals surface area (Å²) >= 11 is 0. The molecule has 0 spiro atoms. The Morgan fingerprint density at radius 1 is 1.09 bits per heavy atom. The molecule has 0 amide bonds. The number of aliphatic imine (C=N–C) groups is 1. The van der Waals surface area contributed by atoms with Crippen LogP contribution in [-0.4, -0.2) is 31.2 Å². The lowest BCUT2D eigenvalue weighted by Gasteiger charge is -2.50. The summed E-state index contributed by atoms with van der Waals surface area (Å²) in [6.45, 7) is 14.3. The smallest absolute Gasteiger partial charge is 0.126 e. The minimum atomic E-state index is -0.0438. The summed E-state index contributed by atoms with van der Waals surface area (Å²) in [4.78, 5) is 21.3. The number of aromatic nitrogens is 1. The number of fused-ring (bicyclic) bond motifs is 3. The largest absolute Gasteiger partial charge is 0.402 e. The Morgan fingerprint density at radius 2 is 1.59 bits per heavy atom. The highest BCUT2D eigenvalue weighted by Gasteiger charge is 2.50. The third kappa shape index (κ3) is 6.28. The van der Waals surface area contributed by atoms with Crippen molar-refractivity contribution < 1.29 is 9.53 Å². The number of carbonyl (C=O) groups excluding carboxylic acids is 1. The molecular weight excluding hydrogens is 398 g/mol. The van der Waals surface area contributed by atoms with Crippen molar-refractivity contribution >= 4 is 17.7 Å². The van der Waals surface area contributed by atoms with E-state index in [4.69, 9.17) is 15.7 Å². The first-order chi connectivity index (χ1) is 15.1. The number of allylic oxidation sites excluding steroid dienone is 2.